The SMILES string of the molecule is O=C(O)[C@@H]1CC[C@@H](NCc2ccc3c(c2)OCCO3)CO1. The van der Waals surface area contributed by atoms with E-state index >= 15 is 0 Å². The summed E-state index contributed by atoms with van der Waals surface area (Å²) in [4.78, 5) is 10.8. The van der Waals surface area contributed by atoms with Crippen LogP contribution in [0.1, 0.15) is 18.4 Å². The summed E-state index contributed by atoms with van der Waals surface area (Å²) in [5.41, 5.74) is 1.11. The fraction of sp³-hybridized carbons (Fsp3) is 0.533. The van der Waals surface area contributed by atoms with E-state index in [1.54, 1.807) is 0 Å². The third-order valence-corrected chi connectivity index (χ3v) is 3.75. The quantitative estimate of drug-likeness (QED) is 0.868. The minimum Gasteiger partial charge on any atom is -0.486 e. The lowest BCUT2D eigenvalue weighted by Gasteiger charge is -2.27. The number of hydrogen-bond acceptors (Lipinski definition) is 5. The number of hydrogen-bond donors (Lipinski definition) is 2. The second-order valence-electron chi connectivity index (χ2n) is 5.29. The predicted molar refractivity (Wildman–Crippen MR) is 74.7 cm³/mol. The molecule has 0 saturated carbocycles. The Morgan fingerprint density at radius 2 is 2.05 bits per heavy atom. The second kappa shape index (κ2) is 6.32. The van der Waals surface area contributed by atoms with Crippen LogP contribution in [0.3, 0.4) is 0 Å². The third kappa shape index (κ3) is 3.46. The van der Waals surface area contributed by atoms with E-state index in [1.165, 1.54) is 0 Å². The Hall–Kier alpha value is -1.79. The molecule has 114 valence electrons. The highest BCUT2D eigenvalue weighted by Crippen LogP contribution is 2.30. The zero-order chi connectivity index (χ0) is 14.7. The van der Waals surface area contributed by atoms with Gasteiger partial charge in [0.2, 0.25) is 0 Å². The second-order valence-corrected chi connectivity index (χ2v) is 5.29. The first-order valence-corrected chi connectivity index (χ1v) is 7.18. The summed E-state index contributed by atoms with van der Waals surface area (Å²) in [7, 11) is 0. The van der Waals surface area contributed by atoms with Crippen molar-refractivity contribution in [2.24, 2.45) is 0 Å². The maximum atomic E-state index is 10.8. The maximum Gasteiger partial charge on any atom is 0.332 e. The molecule has 1 aromatic rings. The highest BCUT2D eigenvalue weighted by atomic mass is 16.6. The zero-order valence-electron chi connectivity index (χ0n) is 11.7. The molecule has 0 amide bonds. The van der Waals surface area contributed by atoms with Crippen LogP contribution in [0.5, 0.6) is 11.5 Å². The zero-order valence-corrected chi connectivity index (χ0v) is 11.7. The van der Waals surface area contributed by atoms with Crippen molar-refractivity contribution in [3.05, 3.63) is 23.8 Å². The van der Waals surface area contributed by atoms with Crippen LogP contribution in [0.25, 0.3) is 0 Å². The van der Waals surface area contributed by atoms with Crippen LogP contribution in [-0.2, 0) is 16.1 Å². The van der Waals surface area contributed by atoms with Gasteiger partial charge in [0.05, 0.1) is 6.61 Å². The summed E-state index contributed by atoms with van der Waals surface area (Å²) in [6.07, 6.45) is 0.702. The van der Waals surface area contributed by atoms with Gasteiger partial charge in [0.15, 0.2) is 17.6 Å². The number of fused-ring (bicyclic) bond motifs is 1. The molecule has 2 aliphatic heterocycles. The van der Waals surface area contributed by atoms with E-state index in [-0.39, 0.29) is 6.04 Å². The molecule has 0 unspecified atom stereocenters. The van der Waals surface area contributed by atoms with Gasteiger partial charge in [-0.15, -0.1) is 0 Å². The van der Waals surface area contributed by atoms with Gasteiger partial charge in [-0.1, -0.05) is 6.07 Å². The van der Waals surface area contributed by atoms with Crippen molar-refractivity contribution >= 4 is 5.97 Å². The minimum absolute atomic E-state index is 0.189. The third-order valence-electron chi connectivity index (χ3n) is 3.75. The Morgan fingerprint density at radius 3 is 2.76 bits per heavy atom. The summed E-state index contributed by atoms with van der Waals surface area (Å²) in [5, 5.41) is 12.3. The van der Waals surface area contributed by atoms with Crippen LogP contribution in [0.2, 0.25) is 0 Å². The van der Waals surface area contributed by atoms with Crippen molar-refractivity contribution in [2.45, 2.75) is 31.5 Å². The van der Waals surface area contributed by atoms with Crippen molar-refractivity contribution in [2.75, 3.05) is 19.8 Å². The number of carboxylic acid groups (broad SMARTS) is 1. The molecule has 21 heavy (non-hydrogen) atoms. The highest BCUT2D eigenvalue weighted by Gasteiger charge is 2.26. The molecule has 6 nitrogen and oxygen atoms in total. The van der Waals surface area contributed by atoms with E-state index in [1.807, 2.05) is 18.2 Å². The van der Waals surface area contributed by atoms with E-state index < -0.39 is 12.1 Å². The van der Waals surface area contributed by atoms with Gasteiger partial charge in [-0.25, -0.2) is 4.79 Å². The molecule has 1 fully saturated rings. The standard InChI is InChI=1S/C15H19NO5/c17-15(18)13-4-2-11(9-21-13)16-8-10-1-3-12-14(7-10)20-6-5-19-12/h1,3,7,11,13,16H,2,4-6,8-9H2,(H,17,18)/t11-,13+/m1/s1. The van der Waals surface area contributed by atoms with Crippen molar-refractivity contribution < 1.29 is 24.1 Å². The fourth-order valence-electron chi connectivity index (χ4n) is 2.57. The Labute approximate surface area is 123 Å². The number of aliphatic carboxylic acids is 1. The van der Waals surface area contributed by atoms with Gasteiger partial charge in [-0.05, 0) is 30.5 Å². The van der Waals surface area contributed by atoms with Gasteiger partial charge in [-0.3, -0.25) is 0 Å². The monoisotopic (exact) mass is 293 g/mol. The molecule has 1 saturated heterocycles. The van der Waals surface area contributed by atoms with Crippen molar-refractivity contribution in [3.63, 3.8) is 0 Å². The normalized spacial score (nSPS) is 24.6. The number of carbonyl (C=O) groups is 1. The molecule has 0 bridgehead atoms. The van der Waals surface area contributed by atoms with Gasteiger partial charge in [0.1, 0.15) is 13.2 Å². The molecule has 0 radical (unpaired) electrons. The topological polar surface area (TPSA) is 77.0 Å². The molecular weight excluding hydrogens is 274 g/mol. The molecule has 0 aliphatic carbocycles. The smallest absolute Gasteiger partial charge is 0.332 e. The van der Waals surface area contributed by atoms with Crippen LogP contribution in [0, 0.1) is 0 Å². The first kappa shape index (κ1) is 14.2. The molecule has 2 atom stereocenters. The molecule has 2 aliphatic rings. The van der Waals surface area contributed by atoms with Crippen molar-refractivity contribution in [1.82, 2.24) is 5.32 Å². The first-order valence-electron chi connectivity index (χ1n) is 7.18. The summed E-state index contributed by atoms with van der Waals surface area (Å²) in [6, 6.07) is 6.09. The Balaban J connectivity index is 1.50. The van der Waals surface area contributed by atoms with Crippen LogP contribution in [-0.4, -0.2) is 43.0 Å². The fourth-order valence-corrected chi connectivity index (χ4v) is 2.57. The van der Waals surface area contributed by atoms with Gasteiger partial charge < -0.3 is 24.6 Å². The Kier molecular flexibility index (Phi) is 4.26. The first-order chi connectivity index (χ1) is 10.2. The summed E-state index contributed by atoms with van der Waals surface area (Å²) >= 11 is 0. The minimum atomic E-state index is -0.875. The maximum absolute atomic E-state index is 10.8. The lowest BCUT2D eigenvalue weighted by atomic mass is 10.0. The number of rotatable bonds is 4. The molecule has 0 spiro atoms. The Bertz CT molecular complexity index is 511. The predicted octanol–water partition coefficient (Wildman–Crippen LogP) is 1.18. The average Bonchev–Trinajstić information content (AvgIpc) is 2.53. The summed E-state index contributed by atoms with van der Waals surface area (Å²) < 4.78 is 16.4. The molecular formula is C15H19NO5. The van der Waals surface area contributed by atoms with Gasteiger partial charge in [0, 0.05) is 12.6 Å². The van der Waals surface area contributed by atoms with Crippen molar-refractivity contribution in [1.29, 1.82) is 0 Å². The van der Waals surface area contributed by atoms with Gasteiger partial charge >= 0.3 is 5.97 Å². The Morgan fingerprint density at radius 1 is 1.24 bits per heavy atom. The number of benzene rings is 1. The van der Waals surface area contributed by atoms with Crippen molar-refractivity contribution in [3.8, 4) is 11.5 Å². The van der Waals surface area contributed by atoms with Gasteiger partial charge in [0.25, 0.3) is 0 Å². The molecule has 2 N–H and O–H groups in total. The van der Waals surface area contributed by atoms with Crippen LogP contribution in [0.4, 0.5) is 0 Å². The molecule has 0 aromatic heterocycles. The van der Waals surface area contributed by atoms with E-state index in [4.69, 9.17) is 19.3 Å². The lowest BCUT2D eigenvalue weighted by Crippen LogP contribution is -2.41. The van der Waals surface area contributed by atoms with E-state index in [0.29, 0.717) is 32.8 Å². The summed E-state index contributed by atoms with van der Waals surface area (Å²) in [6.45, 7) is 2.30. The van der Waals surface area contributed by atoms with Crippen LogP contribution < -0.4 is 14.8 Å². The largest absolute Gasteiger partial charge is 0.486 e. The number of ether oxygens (including phenoxy) is 3. The van der Waals surface area contributed by atoms with Crippen LogP contribution >= 0.6 is 0 Å². The molecule has 2 heterocycles. The lowest BCUT2D eigenvalue weighted by molar-refractivity contribution is -0.154. The highest BCUT2D eigenvalue weighted by molar-refractivity contribution is 5.72. The van der Waals surface area contributed by atoms with Gasteiger partial charge in [-0.2, -0.15) is 0 Å². The van der Waals surface area contributed by atoms with E-state index in [0.717, 1.165) is 23.5 Å². The molecule has 1 aromatic carbocycles. The number of nitrogens with one attached hydrogen (secondary N) is 1. The van der Waals surface area contributed by atoms with E-state index in [2.05, 4.69) is 5.32 Å². The van der Waals surface area contributed by atoms with Crippen LogP contribution in [0.15, 0.2) is 18.2 Å². The molecule has 3 rings (SSSR count). The number of carboxylic acids is 1. The average molecular weight is 293 g/mol. The van der Waals surface area contributed by atoms with E-state index in [9.17, 15) is 4.79 Å². The summed E-state index contributed by atoms with van der Waals surface area (Å²) in [5.74, 6) is 0.696. The molecule has 6 heteroatoms.